The van der Waals surface area contributed by atoms with Crippen LogP contribution in [0.4, 0.5) is 0 Å². The summed E-state index contributed by atoms with van der Waals surface area (Å²) in [5, 5.41) is 16.2. The molecule has 0 saturated heterocycles. The summed E-state index contributed by atoms with van der Waals surface area (Å²) in [6.45, 7) is 0. The molecule has 0 aromatic carbocycles. The highest BCUT2D eigenvalue weighted by atomic mass is 32.2. The number of aliphatic carboxylic acids is 2. The lowest BCUT2D eigenvalue weighted by atomic mass is 10.4. The summed E-state index contributed by atoms with van der Waals surface area (Å²) in [6.07, 6.45) is 0. The van der Waals surface area contributed by atoms with E-state index in [4.69, 9.17) is 26.2 Å². The molecule has 0 heterocycles. The van der Waals surface area contributed by atoms with Crippen LogP contribution in [0.5, 0.6) is 0 Å². The van der Waals surface area contributed by atoms with Crippen LogP contribution >= 0.6 is 0 Å². The summed E-state index contributed by atoms with van der Waals surface area (Å²) in [5.74, 6) is -4.50. The van der Waals surface area contributed by atoms with Crippen molar-refractivity contribution in [1.29, 1.82) is 0 Å². The van der Waals surface area contributed by atoms with E-state index in [1.165, 1.54) is 0 Å². The highest BCUT2D eigenvalue weighted by molar-refractivity contribution is 7.86. The molecule has 0 aliphatic heterocycles. The van der Waals surface area contributed by atoms with Gasteiger partial charge in [0.2, 0.25) is 0 Å². The predicted octanol–water partition coefficient (Wildman–Crippen LogP) is -3.34. The first-order valence-electron chi connectivity index (χ1n) is 4.92. The lowest BCUT2D eigenvalue weighted by Crippen LogP contribution is -2.37. The number of hydrogen-bond donors (Lipinski definition) is 5. The Labute approximate surface area is 120 Å². The fourth-order valence-electron chi connectivity index (χ4n) is 0.657. The Morgan fingerprint density at radius 2 is 1.33 bits per heavy atom. The fraction of sp³-hybridized carbons (Fsp3) is 0.714. The molecule has 0 rings (SSSR count). The highest BCUT2D eigenvalue weighted by Gasteiger charge is 2.20. The lowest BCUT2D eigenvalue weighted by molar-refractivity contribution is -0.138. The molecule has 0 aliphatic rings. The van der Waals surface area contributed by atoms with E-state index >= 15 is 0 Å². The Morgan fingerprint density at radius 1 is 1.00 bits per heavy atom. The zero-order valence-electron chi connectivity index (χ0n) is 10.7. The molecular formula is C7H16N2O10S2. The third kappa shape index (κ3) is 13.4. The Kier molecular flexibility index (Phi) is 9.26. The van der Waals surface area contributed by atoms with Crippen molar-refractivity contribution in [2.24, 2.45) is 11.5 Å². The topological polar surface area (TPSA) is 224 Å². The van der Waals surface area contributed by atoms with Gasteiger partial charge < -0.3 is 21.7 Å². The molecule has 0 amide bonds. The molecule has 12 nitrogen and oxygen atoms in total. The number of carbonyl (C=O) groups is 2. The molecule has 0 unspecified atom stereocenters. The third-order valence-electron chi connectivity index (χ3n) is 1.66. The van der Waals surface area contributed by atoms with E-state index in [2.05, 4.69) is 4.18 Å². The fourth-order valence-corrected chi connectivity index (χ4v) is 1.97. The van der Waals surface area contributed by atoms with Crippen LogP contribution < -0.4 is 11.5 Å². The second kappa shape index (κ2) is 8.85. The van der Waals surface area contributed by atoms with Crippen molar-refractivity contribution in [2.75, 3.05) is 18.6 Å². The first-order valence-corrected chi connectivity index (χ1v) is 8.10. The van der Waals surface area contributed by atoms with Crippen LogP contribution in [0.2, 0.25) is 0 Å². The molecule has 0 bridgehead atoms. The van der Waals surface area contributed by atoms with Gasteiger partial charge in [0.25, 0.3) is 20.2 Å². The highest BCUT2D eigenvalue weighted by Crippen LogP contribution is 1.92. The standard InChI is InChI=1S/C4H9NO5S.C3H7NO5S/c1-10-11(8,9)2-3(5)4(6)7;4-2(3(5)6)1-10(7,8)9/h3H,2,5H2,1H3,(H,6,7);2H,1,4H2,(H,5,6)(H,7,8,9)/t3-;2-/m00/s1. The molecule has 21 heavy (non-hydrogen) atoms. The van der Waals surface area contributed by atoms with Gasteiger partial charge in [0.15, 0.2) is 0 Å². The lowest BCUT2D eigenvalue weighted by Gasteiger charge is -2.04. The maximum absolute atomic E-state index is 10.5. The van der Waals surface area contributed by atoms with Gasteiger partial charge in [-0.2, -0.15) is 16.8 Å². The van der Waals surface area contributed by atoms with Gasteiger partial charge in [-0.05, 0) is 0 Å². The smallest absolute Gasteiger partial charge is 0.321 e. The molecule has 7 N–H and O–H groups in total. The Bertz CT molecular complexity index is 554. The molecular weight excluding hydrogens is 336 g/mol. The van der Waals surface area contributed by atoms with Crippen molar-refractivity contribution in [3.05, 3.63) is 0 Å². The minimum absolute atomic E-state index is 0.709. The number of nitrogens with two attached hydrogens (primary N) is 2. The molecule has 0 spiro atoms. The van der Waals surface area contributed by atoms with Crippen molar-refractivity contribution in [1.82, 2.24) is 0 Å². The number of hydrogen-bond acceptors (Lipinski definition) is 9. The van der Waals surface area contributed by atoms with Crippen LogP contribution in [-0.4, -0.2) is 74.2 Å². The van der Waals surface area contributed by atoms with Crippen molar-refractivity contribution < 1.29 is 45.4 Å². The van der Waals surface area contributed by atoms with E-state index in [-0.39, 0.29) is 0 Å². The van der Waals surface area contributed by atoms with Gasteiger partial charge >= 0.3 is 11.9 Å². The largest absolute Gasteiger partial charge is 0.480 e. The molecule has 0 saturated carbocycles. The number of carboxylic acids is 2. The molecule has 0 fully saturated rings. The zero-order valence-corrected chi connectivity index (χ0v) is 12.4. The summed E-state index contributed by atoms with van der Waals surface area (Å²) in [7, 11) is -7.10. The minimum Gasteiger partial charge on any atom is -0.480 e. The monoisotopic (exact) mass is 352 g/mol. The number of rotatable bonds is 7. The van der Waals surface area contributed by atoms with Gasteiger partial charge in [-0.25, -0.2) is 0 Å². The van der Waals surface area contributed by atoms with Crippen molar-refractivity contribution >= 4 is 32.2 Å². The quantitative estimate of drug-likeness (QED) is 0.224. The van der Waals surface area contributed by atoms with Crippen LogP contribution in [0.15, 0.2) is 0 Å². The van der Waals surface area contributed by atoms with Crippen LogP contribution in [0.25, 0.3) is 0 Å². The maximum atomic E-state index is 10.5. The average Bonchev–Trinajstić information content (AvgIpc) is 2.26. The van der Waals surface area contributed by atoms with E-state index in [9.17, 15) is 26.4 Å². The SMILES string of the molecule is COS(=O)(=O)C[C@H](N)C(=O)O.N[C@@H](CS(=O)(=O)O)C(=O)O. The summed E-state index contributed by atoms with van der Waals surface area (Å²) in [4.78, 5) is 19.9. The third-order valence-corrected chi connectivity index (χ3v) is 3.72. The molecule has 2 atom stereocenters. The second-order valence-electron chi connectivity index (χ2n) is 3.53. The van der Waals surface area contributed by atoms with Crippen LogP contribution in [-0.2, 0) is 34.0 Å². The summed E-state index contributed by atoms with van der Waals surface area (Å²) < 4.78 is 53.1. The summed E-state index contributed by atoms with van der Waals surface area (Å²) in [5.41, 5.74) is 9.68. The van der Waals surface area contributed by atoms with E-state index in [0.717, 1.165) is 7.11 Å². The summed E-state index contributed by atoms with van der Waals surface area (Å²) in [6, 6.07) is -2.99. The number of carboxylic acid groups (broad SMARTS) is 2. The summed E-state index contributed by atoms with van der Waals surface area (Å²) >= 11 is 0. The first kappa shape index (κ1) is 22.0. The Hall–Kier alpha value is -1.32. The molecule has 126 valence electrons. The van der Waals surface area contributed by atoms with Gasteiger partial charge in [-0.15, -0.1) is 0 Å². The normalized spacial score (nSPS) is 14.5. The first-order chi connectivity index (χ1) is 9.22. The minimum atomic E-state index is -4.27. The van der Waals surface area contributed by atoms with Crippen LogP contribution in [0, 0.1) is 0 Å². The second-order valence-corrected chi connectivity index (χ2v) is 6.81. The van der Waals surface area contributed by atoms with Gasteiger partial charge in [0, 0.05) is 0 Å². The predicted molar refractivity (Wildman–Crippen MR) is 68.4 cm³/mol. The zero-order chi connectivity index (χ0) is 17.4. The molecule has 0 aromatic heterocycles. The van der Waals surface area contributed by atoms with Crippen LogP contribution in [0.3, 0.4) is 0 Å². The molecule has 0 radical (unpaired) electrons. The van der Waals surface area contributed by atoms with E-state index in [0.29, 0.717) is 0 Å². The molecule has 0 aliphatic carbocycles. The van der Waals surface area contributed by atoms with Gasteiger partial charge in [0.1, 0.15) is 23.6 Å². The van der Waals surface area contributed by atoms with Gasteiger partial charge in [0.05, 0.1) is 7.11 Å². The van der Waals surface area contributed by atoms with Crippen molar-refractivity contribution in [3.63, 3.8) is 0 Å². The van der Waals surface area contributed by atoms with Gasteiger partial charge in [-0.1, -0.05) is 0 Å². The van der Waals surface area contributed by atoms with E-state index < -0.39 is 55.8 Å². The average molecular weight is 352 g/mol. The van der Waals surface area contributed by atoms with E-state index in [1.54, 1.807) is 0 Å². The van der Waals surface area contributed by atoms with Gasteiger partial charge in [-0.3, -0.25) is 18.3 Å². The van der Waals surface area contributed by atoms with Crippen LogP contribution in [0.1, 0.15) is 0 Å². The Morgan fingerprint density at radius 3 is 1.52 bits per heavy atom. The maximum Gasteiger partial charge on any atom is 0.321 e. The Balaban J connectivity index is 0. The van der Waals surface area contributed by atoms with Crippen molar-refractivity contribution in [2.45, 2.75) is 12.1 Å². The molecule has 0 aromatic rings. The van der Waals surface area contributed by atoms with Crippen molar-refractivity contribution in [3.8, 4) is 0 Å². The molecule has 14 heteroatoms. The van der Waals surface area contributed by atoms with E-state index in [1.807, 2.05) is 0 Å².